The van der Waals surface area contributed by atoms with Crippen molar-refractivity contribution in [3.05, 3.63) is 43.1 Å². The van der Waals surface area contributed by atoms with Crippen molar-refractivity contribution in [1.82, 2.24) is 4.57 Å². The molecule has 2 rings (SSSR count). The maximum absolute atomic E-state index is 10.9. The fraction of sp³-hybridized carbons (Fsp3) is 0. The Bertz CT molecular complexity index is 511. The minimum absolute atomic E-state index is 0.284. The molecule has 0 saturated heterocycles. The van der Waals surface area contributed by atoms with Crippen LogP contribution in [-0.2, 0) is 4.79 Å². The van der Waals surface area contributed by atoms with Crippen molar-refractivity contribution in [2.75, 3.05) is 0 Å². The molecule has 3 nitrogen and oxygen atoms in total. The van der Waals surface area contributed by atoms with Crippen molar-refractivity contribution in [2.24, 2.45) is 5.73 Å². The van der Waals surface area contributed by atoms with Crippen LogP contribution in [0.4, 0.5) is 0 Å². The van der Waals surface area contributed by atoms with Crippen molar-refractivity contribution in [2.45, 2.75) is 0 Å². The molecule has 0 radical (unpaired) electrons. The van der Waals surface area contributed by atoms with Crippen LogP contribution >= 0.6 is 0 Å². The SMILES string of the molecule is C=C(C(N)=O)n1ccc2ccccc21. The molecular formula is C11H10N2O. The molecular weight excluding hydrogens is 176 g/mol. The predicted molar refractivity (Wildman–Crippen MR) is 56.5 cm³/mol. The second kappa shape index (κ2) is 3.03. The highest BCUT2D eigenvalue weighted by molar-refractivity contribution is 6.13. The summed E-state index contributed by atoms with van der Waals surface area (Å²) in [7, 11) is 0. The van der Waals surface area contributed by atoms with Crippen LogP contribution in [0.3, 0.4) is 0 Å². The topological polar surface area (TPSA) is 48.0 Å². The molecule has 0 bridgehead atoms. The number of fused-ring (bicyclic) bond motifs is 1. The van der Waals surface area contributed by atoms with E-state index in [0.717, 1.165) is 10.9 Å². The largest absolute Gasteiger partial charge is 0.364 e. The number of amides is 1. The summed E-state index contributed by atoms with van der Waals surface area (Å²) < 4.78 is 1.69. The number of para-hydroxylation sites is 1. The minimum Gasteiger partial charge on any atom is -0.364 e. The Labute approximate surface area is 81.4 Å². The lowest BCUT2D eigenvalue weighted by Gasteiger charge is -2.04. The summed E-state index contributed by atoms with van der Waals surface area (Å²) in [6.07, 6.45) is 1.79. The summed E-state index contributed by atoms with van der Waals surface area (Å²) in [5.74, 6) is -0.508. The molecule has 2 aromatic rings. The van der Waals surface area contributed by atoms with Crippen LogP contribution in [0.5, 0.6) is 0 Å². The molecule has 1 aromatic carbocycles. The van der Waals surface area contributed by atoms with E-state index in [0.29, 0.717) is 0 Å². The van der Waals surface area contributed by atoms with Gasteiger partial charge in [-0.3, -0.25) is 4.79 Å². The lowest BCUT2D eigenvalue weighted by Crippen LogP contribution is -2.15. The van der Waals surface area contributed by atoms with E-state index in [1.807, 2.05) is 30.3 Å². The van der Waals surface area contributed by atoms with Crippen LogP contribution in [-0.4, -0.2) is 10.5 Å². The Balaban J connectivity index is 2.64. The fourth-order valence-electron chi connectivity index (χ4n) is 1.44. The van der Waals surface area contributed by atoms with Gasteiger partial charge in [0.25, 0.3) is 5.91 Å². The van der Waals surface area contributed by atoms with Gasteiger partial charge in [-0.2, -0.15) is 0 Å². The smallest absolute Gasteiger partial charge is 0.265 e. The maximum atomic E-state index is 10.9. The predicted octanol–water partition coefficient (Wildman–Crippen LogP) is 1.60. The van der Waals surface area contributed by atoms with E-state index in [-0.39, 0.29) is 5.70 Å². The zero-order chi connectivity index (χ0) is 10.1. The molecule has 0 fully saturated rings. The second-order valence-corrected chi connectivity index (χ2v) is 3.06. The first kappa shape index (κ1) is 8.56. The lowest BCUT2D eigenvalue weighted by atomic mass is 10.2. The van der Waals surface area contributed by atoms with Crippen LogP contribution in [0.25, 0.3) is 16.6 Å². The van der Waals surface area contributed by atoms with E-state index in [9.17, 15) is 4.79 Å². The number of rotatable bonds is 2. The molecule has 0 aliphatic heterocycles. The van der Waals surface area contributed by atoms with Gasteiger partial charge in [-0.15, -0.1) is 0 Å². The molecule has 0 saturated carbocycles. The van der Waals surface area contributed by atoms with Gasteiger partial charge in [0, 0.05) is 6.20 Å². The number of aromatic nitrogens is 1. The van der Waals surface area contributed by atoms with Crippen LogP contribution < -0.4 is 5.73 Å². The number of hydrogen-bond acceptors (Lipinski definition) is 1. The molecule has 0 spiro atoms. The van der Waals surface area contributed by atoms with Crippen molar-refractivity contribution in [1.29, 1.82) is 0 Å². The maximum Gasteiger partial charge on any atom is 0.265 e. The van der Waals surface area contributed by atoms with E-state index in [4.69, 9.17) is 5.73 Å². The van der Waals surface area contributed by atoms with E-state index in [1.54, 1.807) is 10.8 Å². The quantitative estimate of drug-likeness (QED) is 0.711. The zero-order valence-corrected chi connectivity index (χ0v) is 7.60. The first-order valence-corrected chi connectivity index (χ1v) is 4.25. The van der Waals surface area contributed by atoms with Crippen molar-refractivity contribution in [3.8, 4) is 0 Å². The third-order valence-electron chi connectivity index (χ3n) is 2.17. The monoisotopic (exact) mass is 186 g/mol. The van der Waals surface area contributed by atoms with Gasteiger partial charge in [0.15, 0.2) is 0 Å². The summed E-state index contributed by atoms with van der Waals surface area (Å²) in [5, 5.41) is 1.06. The Kier molecular flexibility index (Phi) is 1.85. The van der Waals surface area contributed by atoms with Gasteiger partial charge in [-0.1, -0.05) is 24.8 Å². The van der Waals surface area contributed by atoms with Gasteiger partial charge in [-0.05, 0) is 17.5 Å². The van der Waals surface area contributed by atoms with E-state index < -0.39 is 5.91 Å². The Morgan fingerprint density at radius 3 is 2.71 bits per heavy atom. The normalized spacial score (nSPS) is 10.3. The highest BCUT2D eigenvalue weighted by Crippen LogP contribution is 2.18. The number of nitrogens with zero attached hydrogens (tertiary/aromatic N) is 1. The molecule has 3 heteroatoms. The molecule has 70 valence electrons. The summed E-state index contributed by atoms with van der Waals surface area (Å²) >= 11 is 0. The third-order valence-corrected chi connectivity index (χ3v) is 2.17. The number of carbonyl (C=O) groups is 1. The molecule has 1 amide bonds. The Morgan fingerprint density at radius 1 is 1.29 bits per heavy atom. The standard InChI is InChI=1S/C11H10N2O/c1-8(11(12)14)13-7-6-9-4-2-3-5-10(9)13/h2-7H,1H2,(H2,12,14). The molecule has 14 heavy (non-hydrogen) atoms. The second-order valence-electron chi connectivity index (χ2n) is 3.06. The zero-order valence-electron chi connectivity index (χ0n) is 7.60. The lowest BCUT2D eigenvalue weighted by molar-refractivity contribution is -0.113. The van der Waals surface area contributed by atoms with Gasteiger partial charge < -0.3 is 10.3 Å². The highest BCUT2D eigenvalue weighted by Gasteiger charge is 2.06. The molecule has 0 aliphatic carbocycles. The van der Waals surface area contributed by atoms with Gasteiger partial charge >= 0.3 is 0 Å². The first-order valence-electron chi connectivity index (χ1n) is 4.25. The number of nitrogens with two attached hydrogens (primary N) is 1. The molecule has 1 aromatic heterocycles. The Morgan fingerprint density at radius 2 is 2.00 bits per heavy atom. The number of benzene rings is 1. The van der Waals surface area contributed by atoms with Gasteiger partial charge in [-0.25, -0.2) is 0 Å². The first-order chi connectivity index (χ1) is 6.70. The molecule has 0 aliphatic rings. The fourth-order valence-corrected chi connectivity index (χ4v) is 1.44. The van der Waals surface area contributed by atoms with Gasteiger partial charge in [0.2, 0.25) is 0 Å². The van der Waals surface area contributed by atoms with Gasteiger partial charge in [0.05, 0.1) is 5.52 Å². The molecule has 1 heterocycles. The van der Waals surface area contributed by atoms with Crippen LogP contribution in [0, 0.1) is 0 Å². The summed E-state index contributed by atoms with van der Waals surface area (Å²) in [4.78, 5) is 10.9. The van der Waals surface area contributed by atoms with Gasteiger partial charge in [0.1, 0.15) is 5.70 Å². The average Bonchev–Trinajstić information content (AvgIpc) is 2.60. The van der Waals surface area contributed by atoms with Crippen molar-refractivity contribution in [3.63, 3.8) is 0 Å². The summed E-state index contributed by atoms with van der Waals surface area (Å²) in [6, 6.07) is 9.67. The van der Waals surface area contributed by atoms with Crippen LogP contribution in [0.1, 0.15) is 0 Å². The highest BCUT2D eigenvalue weighted by atomic mass is 16.1. The number of carbonyl (C=O) groups excluding carboxylic acids is 1. The van der Waals surface area contributed by atoms with Crippen molar-refractivity contribution < 1.29 is 4.79 Å². The molecule has 0 atom stereocenters. The van der Waals surface area contributed by atoms with E-state index in [1.165, 1.54) is 0 Å². The van der Waals surface area contributed by atoms with E-state index in [2.05, 4.69) is 6.58 Å². The summed E-state index contributed by atoms with van der Waals surface area (Å²) in [5.41, 5.74) is 6.38. The van der Waals surface area contributed by atoms with Crippen LogP contribution in [0.15, 0.2) is 43.1 Å². The van der Waals surface area contributed by atoms with E-state index >= 15 is 0 Å². The Hall–Kier alpha value is -2.03. The summed E-state index contributed by atoms with van der Waals surface area (Å²) in [6.45, 7) is 3.64. The minimum atomic E-state index is -0.508. The number of hydrogen-bond donors (Lipinski definition) is 1. The van der Waals surface area contributed by atoms with Crippen LogP contribution in [0.2, 0.25) is 0 Å². The average molecular weight is 186 g/mol. The molecule has 0 unspecified atom stereocenters. The van der Waals surface area contributed by atoms with Crippen molar-refractivity contribution >= 4 is 22.5 Å². The molecule has 2 N–H and O–H groups in total. The third kappa shape index (κ3) is 1.19. The number of primary amides is 1.